The maximum atomic E-state index is 12.4. The molecule has 2 aliphatic rings. The Kier molecular flexibility index (Phi) is 15.8. The fourth-order valence-corrected chi connectivity index (χ4v) is 3.95. The summed E-state index contributed by atoms with van der Waals surface area (Å²) in [5, 5.41) is 76.4. The lowest BCUT2D eigenvalue weighted by molar-refractivity contribution is -0.138. The van der Waals surface area contributed by atoms with Crippen molar-refractivity contribution in [1.29, 1.82) is 31.6 Å². The monoisotopic (exact) mass is 784 g/mol. The smallest absolute Gasteiger partial charge is 0.414 e. The van der Waals surface area contributed by atoms with Crippen molar-refractivity contribution < 1.29 is 72.5 Å². The lowest BCUT2D eigenvalue weighted by atomic mass is 9.97. The molecule has 2 unspecified atom stereocenters. The van der Waals surface area contributed by atoms with Gasteiger partial charge in [-0.15, -0.1) is 0 Å². The summed E-state index contributed by atoms with van der Waals surface area (Å²) in [5.41, 5.74) is -14.2. The number of halogens is 12. The number of nitrogens with zero attached hydrogens (tertiary/aromatic N) is 8. The molecule has 288 valence electrons. The summed E-state index contributed by atoms with van der Waals surface area (Å²) in [6, 6.07) is 7.70. The number of carbonyl (C=O) groups is 2. The SMILES string of the molecule is CC(C#N)(CCC(=O)O)N=NC(C)(C#N)CCC(=O)O.N#CC1=C(C(F)(F)F)CC(C(F)(F)F)=C1C#N.N#CC1=C(C(F)(F)F)CC(C(F)(F)F)=C1C#N. The van der Waals surface area contributed by atoms with Crippen molar-refractivity contribution in [3.8, 4) is 36.4 Å². The maximum Gasteiger partial charge on any atom is 0.414 e. The Morgan fingerprint density at radius 2 is 0.722 bits per heavy atom. The Morgan fingerprint density at radius 3 is 0.852 bits per heavy atom. The summed E-state index contributed by atoms with van der Waals surface area (Å²) in [4.78, 5) is 21.0. The van der Waals surface area contributed by atoms with Gasteiger partial charge >= 0.3 is 36.6 Å². The van der Waals surface area contributed by atoms with Gasteiger partial charge in [0.1, 0.15) is 24.3 Å². The number of carboxylic acids is 2. The van der Waals surface area contributed by atoms with Crippen molar-refractivity contribution in [3.63, 3.8) is 0 Å². The van der Waals surface area contributed by atoms with Gasteiger partial charge in [-0.05, 0) is 26.7 Å². The molecule has 12 nitrogen and oxygen atoms in total. The molecule has 24 heteroatoms. The average Bonchev–Trinajstić information content (AvgIpc) is 3.65. The van der Waals surface area contributed by atoms with E-state index in [1.807, 2.05) is 12.1 Å². The van der Waals surface area contributed by atoms with Gasteiger partial charge in [0.2, 0.25) is 0 Å². The molecule has 0 aromatic rings. The van der Waals surface area contributed by atoms with Crippen LogP contribution in [0.3, 0.4) is 0 Å². The highest BCUT2D eigenvalue weighted by Gasteiger charge is 2.50. The van der Waals surface area contributed by atoms with Crippen molar-refractivity contribution in [3.05, 3.63) is 44.6 Å². The van der Waals surface area contributed by atoms with Gasteiger partial charge in [-0.3, -0.25) is 9.59 Å². The number of nitriles is 6. The molecule has 54 heavy (non-hydrogen) atoms. The quantitative estimate of drug-likeness (QED) is 0.177. The molecular weight excluding hydrogens is 764 g/mol. The van der Waals surface area contributed by atoms with Crippen LogP contribution in [0.2, 0.25) is 0 Å². The molecule has 0 spiro atoms. The van der Waals surface area contributed by atoms with E-state index in [0.717, 1.165) is 24.3 Å². The third kappa shape index (κ3) is 13.3. The third-order valence-electron chi connectivity index (χ3n) is 6.85. The first kappa shape index (κ1) is 47.6. The summed E-state index contributed by atoms with van der Waals surface area (Å²) < 4.78 is 148. The number of aliphatic carboxylic acids is 2. The summed E-state index contributed by atoms with van der Waals surface area (Å²) in [7, 11) is 0. The van der Waals surface area contributed by atoms with Crippen LogP contribution in [0.4, 0.5) is 52.7 Å². The molecule has 0 fully saturated rings. The van der Waals surface area contributed by atoms with Crippen LogP contribution in [-0.2, 0) is 9.59 Å². The van der Waals surface area contributed by atoms with Crippen LogP contribution < -0.4 is 0 Å². The van der Waals surface area contributed by atoms with E-state index in [0.29, 0.717) is 0 Å². The molecule has 0 heterocycles. The van der Waals surface area contributed by atoms with Gasteiger partial charge in [-0.1, -0.05) is 0 Å². The zero-order valence-corrected chi connectivity index (χ0v) is 27.1. The van der Waals surface area contributed by atoms with E-state index in [1.54, 1.807) is 0 Å². The Morgan fingerprint density at radius 1 is 0.519 bits per heavy atom. The van der Waals surface area contributed by atoms with Gasteiger partial charge in [0.25, 0.3) is 0 Å². The molecular formula is C30H20F12N8O4. The highest BCUT2D eigenvalue weighted by Crippen LogP contribution is 2.48. The van der Waals surface area contributed by atoms with Gasteiger partial charge in [0.05, 0.1) is 56.7 Å². The largest absolute Gasteiger partial charge is 0.481 e. The van der Waals surface area contributed by atoms with E-state index >= 15 is 0 Å². The van der Waals surface area contributed by atoms with E-state index in [2.05, 4.69) is 10.2 Å². The Labute approximate surface area is 295 Å². The first-order valence-corrected chi connectivity index (χ1v) is 13.9. The van der Waals surface area contributed by atoms with Crippen LogP contribution in [0.15, 0.2) is 54.8 Å². The molecule has 0 radical (unpaired) electrons. The number of alkyl halides is 12. The summed E-state index contributed by atoms with van der Waals surface area (Å²) in [6.07, 6.45) is -23.8. The van der Waals surface area contributed by atoms with Crippen molar-refractivity contribution in [1.82, 2.24) is 0 Å². The number of rotatable bonds is 8. The molecule has 0 amide bonds. The van der Waals surface area contributed by atoms with E-state index < -0.39 is 105 Å². The van der Waals surface area contributed by atoms with Gasteiger partial charge < -0.3 is 10.2 Å². The van der Waals surface area contributed by atoms with Crippen LogP contribution in [0, 0.1) is 68.0 Å². The van der Waals surface area contributed by atoms with Crippen molar-refractivity contribution >= 4 is 11.9 Å². The third-order valence-corrected chi connectivity index (χ3v) is 6.85. The summed E-state index contributed by atoms with van der Waals surface area (Å²) in [5.74, 6) is -2.12. The molecule has 0 bridgehead atoms. The van der Waals surface area contributed by atoms with Crippen LogP contribution in [-0.4, -0.2) is 57.9 Å². The summed E-state index contributed by atoms with van der Waals surface area (Å²) >= 11 is 0. The molecule has 0 aliphatic heterocycles. The zero-order chi connectivity index (χ0) is 42.7. The molecule has 0 saturated heterocycles. The topological polar surface area (TPSA) is 242 Å². The molecule has 2 atom stereocenters. The van der Waals surface area contributed by atoms with E-state index in [-0.39, 0.29) is 25.7 Å². The van der Waals surface area contributed by atoms with Gasteiger partial charge in [0.15, 0.2) is 11.1 Å². The first-order chi connectivity index (χ1) is 24.4. The number of allylic oxidation sites excluding steroid dienone is 8. The average molecular weight is 785 g/mol. The number of carboxylic acid groups (broad SMARTS) is 2. The minimum absolute atomic E-state index is 0.0389. The second kappa shape index (κ2) is 17.9. The van der Waals surface area contributed by atoms with E-state index in [9.17, 15) is 62.3 Å². The zero-order valence-electron chi connectivity index (χ0n) is 27.1. The highest BCUT2D eigenvalue weighted by molar-refractivity contribution is 5.67. The van der Waals surface area contributed by atoms with Crippen LogP contribution in [0.5, 0.6) is 0 Å². The maximum absolute atomic E-state index is 12.4. The van der Waals surface area contributed by atoms with Crippen LogP contribution in [0.1, 0.15) is 52.4 Å². The van der Waals surface area contributed by atoms with Crippen molar-refractivity contribution in [2.24, 2.45) is 10.2 Å². The standard InChI is InChI=1S/C12H16N4O4.2C9H2F6N2/c1-11(7-13,5-3-9(17)18)15-16-12(2,8-14)6-4-10(19)20;2*10-8(11,12)6-1-7(9(13,14)15)5(3-17)4(6)2-16/h3-6H2,1-2H3,(H,17,18)(H,19,20);2*1H2. The molecule has 0 aromatic carbocycles. The van der Waals surface area contributed by atoms with Gasteiger partial charge in [-0.2, -0.15) is 94.5 Å². The van der Waals surface area contributed by atoms with Gasteiger partial charge in [-0.25, -0.2) is 0 Å². The Hall–Kier alpha value is -6.40. The van der Waals surface area contributed by atoms with Gasteiger partial charge in [0, 0.05) is 25.7 Å². The number of hydrogen-bond donors (Lipinski definition) is 2. The fourth-order valence-electron chi connectivity index (χ4n) is 3.95. The lowest BCUT2D eigenvalue weighted by Gasteiger charge is -2.18. The van der Waals surface area contributed by atoms with Crippen molar-refractivity contribution in [2.75, 3.05) is 0 Å². The molecule has 2 aliphatic carbocycles. The normalized spacial score (nSPS) is 17.0. The predicted molar refractivity (Wildman–Crippen MR) is 151 cm³/mol. The number of hydrogen-bond acceptors (Lipinski definition) is 10. The molecule has 0 aromatic heterocycles. The Bertz CT molecular complexity index is 1700. The second-order valence-corrected chi connectivity index (χ2v) is 11.0. The van der Waals surface area contributed by atoms with Crippen molar-refractivity contribution in [2.45, 2.75) is 88.2 Å². The molecule has 2 rings (SSSR count). The summed E-state index contributed by atoms with van der Waals surface area (Å²) in [6.45, 7) is 2.82. The predicted octanol–water partition coefficient (Wildman–Crippen LogP) is 8.04. The first-order valence-electron chi connectivity index (χ1n) is 13.9. The second-order valence-electron chi connectivity index (χ2n) is 11.0. The highest BCUT2D eigenvalue weighted by atomic mass is 19.4. The minimum atomic E-state index is -5.06. The van der Waals surface area contributed by atoms with E-state index in [4.69, 9.17) is 41.8 Å². The number of azo groups is 1. The lowest BCUT2D eigenvalue weighted by Crippen LogP contribution is -2.25. The molecule has 2 N–H and O–H groups in total. The Balaban J connectivity index is 0.000000783. The molecule has 0 saturated carbocycles. The van der Waals surface area contributed by atoms with Crippen LogP contribution >= 0.6 is 0 Å². The minimum Gasteiger partial charge on any atom is -0.481 e. The van der Waals surface area contributed by atoms with E-state index in [1.165, 1.54) is 13.8 Å². The fraction of sp³-hybridized carbons (Fsp3) is 0.467. The van der Waals surface area contributed by atoms with Crippen LogP contribution in [0.25, 0.3) is 0 Å².